The lowest BCUT2D eigenvalue weighted by molar-refractivity contribution is 1.01. The summed E-state index contributed by atoms with van der Waals surface area (Å²) in [6, 6.07) is 0. The van der Waals surface area contributed by atoms with Crippen LogP contribution < -0.4 is 0 Å². The van der Waals surface area contributed by atoms with E-state index in [1.807, 2.05) is 0 Å². The summed E-state index contributed by atoms with van der Waals surface area (Å²) in [6.45, 7) is 0. The van der Waals surface area contributed by atoms with Crippen molar-refractivity contribution in [3.05, 3.63) is 23.8 Å². The van der Waals surface area contributed by atoms with Crippen molar-refractivity contribution in [3.8, 4) is 0 Å². The van der Waals surface area contributed by atoms with Gasteiger partial charge >= 0.3 is 0 Å². The Morgan fingerprint density at radius 1 is 1.36 bits per heavy atom. The molecule has 0 aliphatic heterocycles. The molecule has 1 rings (SSSR count). The molecule has 2 nitrogen and oxygen atoms in total. The SMILES string of the molecule is ClCc1cncc(C(Cl)Cl)n1. The first-order chi connectivity index (χ1) is 5.24. The van der Waals surface area contributed by atoms with E-state index in [1.54, 1.807) is 6.20 Å². The van der Waals surface area contributed by atoms with Gasteiger partial charge in [-0.25, -0.2) is 0 Å². The summed E-state index contributed by atoms with van der Waals surface area (Å²) in [5, 5.41) is 0. The van der Waals surface area contributed by atoms with Gasteiger partial charge in [0.15, 0.2) is 4.84 Å². The molecule has 0 spiro atoms. The molecule has 1 heterocycles. The van der Waals surface area contributed by atoms with Crippen molar-refractivity contribution in [2.24, 2.45) is 0 Å². The molecule has 0 radical (unpaired) electrons. The molecule has 0 N–H and O–H groups in total. The summed E-state index contributed by atoms with van der Waals surface area (Å²) in [7, 11) is 0. The fourth-order valence-corrected chi connectivity index (χ4v) is 0.932. The number of aromatic nitrogens is 2. The third-order valence-electron chi connectivity index (χ3n) is 1.06. The van der Waals surface area contributed by atoms with Crippen LogP contribution in [-0.2, 0) is 5.88 Å². The predicted octanol–water partition coefficient (Wildman–Crippen LogP) is 2.69. The van der Waals surface area contributed by atoms with Gasteiger partial charge in [-0.05, 0) is 0 Å². The maximum Gasteiger partial charge on any atom is 0.151 e. The highest BCUT2D eigenvalue weighted by Crippen LogP contribution is 2.21. The van der Waals surface area contributed by atoms with Gasteiger partial charge in [-0.15, -0.1) is 11.6 Å². The lowest BCUT2D eigenvalue weighted by Gasteiger charge is -2.00. The van der Waals surface area contributed by atoms with Gasteiger partial charge < -0.3 is 0 Å². The van der Waals surface area contributed by atoms with Crippen molar-refractivity contribution < 1.29 is 0 Å². The molecule has 0 fully saturated rings. The van der Waals surface area contributed by atoms with Gasteiger partial charge in [-0.3, -0.25) is 9.97 Å². The Labute approximate surface area is 79.5 Å². The molecular weight excluding hydrogens is 206 g/mol. The normalized spacial score (nSPS) is 10.5. The third kappa shape index (κ3) is 2.47. The van der Waals surface area contributed by atoms with Crippen LogP contribution in [0, 0.1) is 0 Å². The Kier molecular flexibility index (Phi) is 3.37. The molecule has 0 bridgehead atoms. The van der Waals surface area contributed by atoms with Gasteiger partial charge in [0, 0.05) is 6.20 Å². The molecule has 1 aromatic rings. The van der Waals surface area contributed by atoms with E-state index >= 15 is 0 Å². The van der Waals surface area contributed by atoms with E-state index in [-0.39, 0.29) is 0 Å². The zero-order valence-corrected chi connectivity index (χ0v) is 7.74. The quantitative estimate of drug-likeness (QED) is 0.703. The highest BCUT2D eigenvalue weighted by atomic mass is 35.5. The molecular formula is C6H5Cl3N2. The van der Waals surface area contributed by atoms with Gasteiger partial charge in [-0.1, -0.05) is 23.2 Å². The van der Waals surface area contributed by atoms with E-state index in [4.69, 9.17) is 34.8 Å². The number of hydrogen-bond donors (Lipinski definition) is 0. The second kappa shape index (κ2) is 4.10. The largest absolute Gasteiger partial charge is 0.261 e. The molecule has 11 heavy (non-hydrogen) atoms. The maximum absolute atomic E-state index is 5.55. The van der Waals surface area contributed by atoms with Crippen LogP contribution in [0.25, 0.3) is 0 Å². The molecule has 0 aliphatic rings. The minimum Gasteiger partial charge on any atom is -0.261 e. The summed E-state index contributed by atoms with van der Waals surface area (Å²) in [4.78, 5) is 7.26. The molecule has 0 saturated carbocycles. The Bertz CT molecular complexity index is 239. The van der Waals surface area contributed by atoms with Crippen LogP contribution in [0.2, 0.25) is 0 Å². The topological polar surface area (TPSA) is 25.8 Å². The molecule has 0 saturated heterocycles. The van der Waals surface area contributed by atoms with Crippen molar-refractivity contribution in [2.75, 3.05) is 0 Å². The molecule has 5 heteroatoms. The van der Waals surface area contributed by atoms with Crippen LogP contribution in [0.4, 0.5) is 0 Å². The predicted molar refractivity (Wildman–Crippen MR) is 46.0 cm³/mol. The zero-order valence-electron chi connectivity index (χ0n) is 5.47. The average Bonchev–Trinajstić information content (AvgIpc) is 2.05. The fraction of sp³-hybridized carbons (Fsp3) is 0.333. The number of halogens is 3. The Hall–Kier alpha value is -0.0500. The van der Waals surface area contributed by atoms with E-state index < -0.39 is 4.84 Å². The van der Waals surface area contributed by atoms with Gasteiger partial charge in [0.2, 0.25) is 0 Å². The smallest absolute Gasteiger partial charge is 0.151 e. The lowest BCUT2D eigenvalue weighted by atomic mass is 10.4. The number of hydrogen-bond acceptors (Lipinski definition) is 2. The van der Waals surface area contributed by atoms with Crippen LogP contribution in [0.3, 0.4) is 0 Å². The highest BCUT2D eigenvalue weighted by Gasteiger charge is 2.05. The van der Waals surface area contributed by atoms with E-state index in [9.17, 15) is 0 Å². The Balaban J connectivity index is 2.91. The van der Waals surface area contributed by atoms with Crippen LogP contribution in [0.1, 0.15) is 16.2 Å². The summed E-state index contributed by atoms with van der Waals surface area (Å²) >= 11 is 16.6. The van der Waals surface area contributed by atoms with Crippen molar-refractivity contribution in [1.29, 1.82) is 0 Å². The molecule has 1 aromatic heterocycles. The summed E-state index contributed by atoms with van der Waals surface area (Å²) < 4.78 is 0. The lowest BCUT2D eigenvalue weighted by Crippen LogP contribution is -1.94. The van der Waals surface area contributed by atoms with Crippen molar-refractivity contribution >= 4 is 34.8 Å². The average molecular weight is 211 g/mol. The zero-order chi connectivity index (χ0) is 8.27. The molecule has 0 aliphatic carbocycles. The minimum absolute atomic E-state index is 0.321. The van der Waals surface area contributed by atoms with E-state index in [2.05, 4.69) is 9.97 Å². The molecule has 0 amide bonds. The molecule has 0 aromatic carbocycles. The van der Waals surface area contributed by atoms with Crippen LogP contribution in [0.15, 0.2) is 12.4 Å². The first kappa shape index (κ1) is 9.04. The fourth-order valence-electron chi connectivity index (χ4n) is 0.593. The van der Waals surface area contributed by atoms with Gasteiger partial charge in [0.25, 0.3) is 0 Å². The van der Waals surface area contributed by atoms with E-state index in [1.165, 1.54) is 6.20 Å². The monoisotopic (exact) mass is 210 g/mol. The first-order valence-corrected chi connectivity index (χ1v) is 4.29. The second-order valence-electron chi connectivity index (χ2n) is 1.87. The van der Waals surface area contributed by atoms with Crippen molar-refractivity contribution in [3.63, 3.8) is 0 Å². The molecule has 60 valence electrons. The summed E-state index contributed by atoms with van der Waals surface area (Å²) in [5.74, 6) is 0.321. The third-order valence-corrected chi connectivity index (χ3v) is 1.78. The van der Waals surface area contributed by atoms with E-state index in [0.29, 0.717) is 17.3 Å². The second-order valence-corrected chi connectivity index (χ2v) is 3.23. The Morgan fingerprint density at radius 2 is 2.09 bits per heavy atom. The standard InChI is InChI=1S/C6H5Cl3N2/c7-1-4-2-10-3-5(11-4)6(8)9/h2-3,6H,1H2. The van der Waals surface area contributed by atoms with Crippen LogP contribution in [-0.4, -0.2) is 9.97 Å². The number of nitrogens with zero attached hydrogens (tertiary/aromatic N) is 2. The number of alkyl halides is 3. The van der Waals surface area contributed by atoms with Crippen molar-refractivity contribution in [2.45, 2.75) is 10.7 Å². The Morgan fingerprint density at radius 3 is 2.64 bits per heavy atom. The van der Waals surface area contributed by atoms with Gasteiger partial charge in [0.05, 0.1) is 23.5 Å². The summed E-state index contributed by atoms with van der Waals surface area (Å²) in [5.41, 5.74) is 1.21. The van der Waals surface area contributed by atoms with E-state index in [0.717, 1.165) is 0 Å². The van der Waals surface area contributed by atoms with Crippen molar-refractivity contribution in [1.82, 2.24) is 9.97 Å². The van der Waals surface area contributed by atoms with Crippen LogP contribution >= 0.6 is 34.8 Å². The maximum atomic E-state index is 5.55. The van der Waals surface area contributed by atoms with Gasteiger partial charge in [0.1, 0.15) is 0 Å². The minimum atomic E-state index is -0.634. The highest BCUT2D eigenvalue weighted by molar-refractivity contribution is 6.43. The molecule has 0 unspecified atom stereocenters. The first-order valence-electron chi connectivity index (χ1n) is 2.89. The number of rotatable bonds is 2. The molecule has 0 atom stereocenters. The van der Waals surface area contributed by atoms with Crippen LogP contribution in [0.5, 0.6) is 0 Å². The summed E-state index contributed by atoms with van der Waals surface area (Å²) in [6.07, 6.45) is 3.09. The van der Waals surface area contributed by atoms with Gasteiger partial charge in [-0.2, -0.15) is 0 Å².